The first kappa shape index (κ1) is 16.8. The summed E-state index contributed by atoms with van der Waals surface area (Å²) in [6.07, 6.45) is 0. The van der Waals surface area contributed by atoms with Crippen molar-refractivity contribution in [1.82, 2.24) is 4.72 Å². The van der Waals surface area contributed by atoms with Gasteiger partial charge in [-0.25, -0.2) is 13.1 Å². The van der Waals surface area contributed by atoms with Crippen molar-refractivity contribution in [3.8, 4) is 5.75 Å². The normalized spacial score (nSPS) is 11.6. The van der Waals surface area contributed by atoms with Gasteiger partial charge in [0, 0.05) is 26.1 Å². The highest BCUT2D eigenvalue weighted by Crippen LogP contribution is 2.32. The van der Waals surface area contributed by atoms with E-state index in [2.05, 4.69) is 36.6 Å². The van der Waals surface area contributed by atoms with Crippen molar-refractivity contribution in [2.45, 2.75) is 11.4 Å². The first-order valence-electron chi connectivity index (χ1n) is 5.69. The predicted molar refractivity (Wildman–Crippen MR) is 91.2 cm³/mol. The largest absolute Gasteiger partial charge is 0.495 e. The number of benzene rings is 1. The topological polar surface area (TPSA) is 81.4 Å². The minimum absolute atomic E-state index is 0.0124. The molecule has 0 aliphatic carbocycles. The number of hydrogen-bond donors (Lipinski definition) is 2. The second-order valence-electron chi connectivity index (χ2n) is 4.04. The highest BCUT2D eigenvalue weighted by Gasteiger charge is 2.21. The number of halogens is 2. The van der Waals surface area contributed by atoms with E-state index in [0.29, 0.717) is 10.2 Å². The van der Waals surface area contributed by atoms with E-state index >= 15 is 0 Å². The van der Waals surface area contributed by atoms with Crippen molar-refractivity contribution in [2.75, 3.05) is 12.8 Å². The molecule has 0 saturated heterocycles. The molecular weight excluding hydrogens is 444 g/mol. The average molecular weight is 456 g/mol. The SMILES string of the molecule is COc1cc(Br)c(N)cc1S(=O)(=O)NCc1sccc1Br. The number of nitrogens with one attached hydrogen (secondary N) is 1. The van der Waals surface area contributed by atoms with Gasteiger partial charge in [0.05, 0.1) is 7.11 Å². The van der Waals surface area contributed by atoms with Gasteiger partial charge in [0.25, 0.3) is 0 Å². The van der Waals surface area contributed by atoms with Crippen molar-refractivity contribution < 1.29 is 13.2 Å². The zero-order valence-corrected chi connectivity index (χ0v) is 15.7. The van der Waals surface area contributed by atoms with Gasteiger partial charge in [-0.15, -0.1) is 11.3 Å². The zero-order valence-electron chi connectivity index (χ0n) is 10.9. The number of thiophene rings is 1. The number of rotatable bonds is 5. The molecule has 0 amide bonds. The fraction of sp³-hybridized carbons (Fsp3) is 0.167. The van der Waals surface area contributed by atoms with Crippen LogP contribution in [0.5, 0.6) is 5.75 Å². The molecule has 0 saturated carbocycles. The summed E-state index contributed by atoms with van der Waals surface area (Å²) >= 11 is 8.07. The molecule has 2 aromatic rings. The lowest BCUT2D eigenvalue weighted by molar-refractivity contribution is 0.402. The summed E-state index contributed by atoms with van der Waals surface area (Å²) < 4.78 is 33.9. The quantitative estimate of drug-likeness (QED) is 0.677. The van der Waals surface area contributed by atoms with Crippen molar-refractivity contribution in [3.63, 3.8) is 0 Å². The monoisotopic (exact) mass is 454 g/mol. The molecule has 2 rings (SSSR count). The van der Waals surface area contributed by atoms with E-state index in [1.807, 2.05) is 11.4 Å². The Hall–Kier alpha value is -0.610. The van der Waals surface area contributed by atoms with Crippen LogP contribution in [0.2, 0.25) is 0 Å². The van der Waals surface area contributed by atoms with Gasteiger partial charge < -0.3 is 10.5 Å². The van der Waals surface area contributed by atoms with Crippen LogP contribution in [0, 0.1) is 0 Å². The third kappa shape index (κ3) is 3.78. The molecule has 0 radical (unpaired) electrons. The molecule has 0 fully saturated rings. The van der Waals surface area contributed by atoms with Gasteiger partial charge in [0.2, 0.25) is 10.0 Å². The van der Waals surface area contributed by atoms with Crippen LogP contribution >= 0.6 is 43.2 Å². The molecule has 0 atom stereocenters. The molecule has 0 bridgehead atoms. The zero-order chi connectivity index (χ0) is 15.6. The number of ether oxygens (including phenoxy) is 1. The number of anilines is 1. The maximum atomic E-state index is 12.4. The van der Waals surface area contributed by atoms with Crippen LogP contribution in [0.3, 0.4) is 0 Å². The Bertz CT molecular complexity index is 760. The molecule has 1 aromatic carbocycles. The molecule has 0 aliphatic heterocycles. The summed E-state index contributed by atoms with van der Waals surface area (Å²) in [5.74, 6) is 0.230. The smallest absolute Gasteiger partial charge is 0.244 e. The van der Waals surface area contributed by atoms with Gasteiger partial charge in [-0.2, -0.15) is 0 Å². The van der Waals surface area contributed by atoms with Gasteiger partial charge in [-0.05, 0) is 55.4 Å². The third-order valence-corrected chi connectivity index (χ3v) is 6.72. The van der Waals surface area contributed by atoms with Crippen LogP contribution in [0.25, 0.3) is 0 Å². The van der Waals surface area contributed by atoms with E-state index in [-0.39, 0.29) is 17.2 Å². The van der Waals surface area contributed by atoms with Crippen LogP contribution < -0.4 is 15.2 Å². The van der Waals surface area contributed by atoms with E-state index in [4.69, 9.17) is 10.5 Å². The summed E-state index contributed by atoms with van der Waals surface area (Å²) in [6.45, 7) is 0.194. The molecule has 0 spiro atoms. The van der Waals surface area contributed by atoms with Gasteiger partial charge in [-0.1, -0.05) is 0 Å². The lowest BCUT2D eigenvalue weighted by Gasteiger charge is -2.12. The molecule has 5 nitrogen and oxygen atoms in total. The molecule has 9 heteroatoms. The van der Waals surface area contributed by atoms with E-state index in [1.165, 1.54) is 30.6 Å². The Morgan fingerprint density at radius 2 is 2.05 bits per heavy atom. The molecule has 1 aromatic heterocycles. The van der Waals surface area contributed by atoms with E-state index in [1.54, 1.807) is 0 Å². The molecule has 0 unspecified atom stereocenters. The summed E-state index contributed by atoms with van der Waals surface area (Å²) in [4.78, 5) is 0.904. The molecule has 0 aliphatic rings. The Morgan fingerprint density at radius 3 is 2.62 bits per heavy atom. The first-order valence-corrected chi connectivity index (χ1v) is 9.64. The molecule has 1 heterocycles. The van der Waals surface area contributed by atoms with E-state index < -0.39 is 10.0 Å². The van der Waals surface area contributed by atoms with Crippen molar-refractivity contribution in [3.05, 3.63) is 37.4 Å². The van der Waals surface area contributed by atoms with Crippen LogP contribution in [0.15, 0.2) is 37.4 Å². The Labute approximate surface area is 143 Å². The van der Waals surface area contributed by atoms with E-state index in [9.17, 15) is 8.42 Å². The number of nitrogens with two attached hydrogens (primary N) is 1. The fourth-order valence-corrected chi connectivity index (χ4v) is 4.63. The van der Waals surface area contributed by atoms with Crippen LogP contribution in [0.1, 0.15) is 4.88 Å². The summed E-state index contributed by atoms with van der Waals surface area (Å²) in [6, 6.07) is 4.77. The molecular formula is C12H12Br2N2O3S2. The average Bonchev–Trinajstić information content (AvgIpc) is 2.84. The maximum absolute atomic E-state index is 12.4. The predicted octanol–water partition coefficient (Wildman–Crippen LogP) is 3.34. The van der Waals surface area contributed by atoms with Crippen molar-refractivity contribution in [2.24, 2.45) is 0 Å². The Morgan fingerprint density at radius 1 is 1.33 bits per heavy atom. The second kappa shape index (κ2) is 6.66. The molecule has 114 valence electrons. The van der Waals surface area contributed by atoms with Crippen LogP contribution in [-0.4, -0.2) is 15.5 Å². The minimum Gasteiger partial charge on any atom is -0.495 e. The lowest BCUT2D eigenvalue weighted by atomic mass is 10.3. The number of nitrogen functional groups attached to an aromatic ring is 1. The summed E-state index contributed by atoms with van der Waals surface area (Å²) in [5.41, 5.74) is 6.08. The minimum atomic E-state index is -3.73. The van der Waals surface area contributed by atoms with Gasteiger partial charge >= 0.3 is 0 Å². The van der Waals surface area contributed by atoms with Crippen molar-refractivity contribution in [1.29, 1.82) is 0 Å². The maximum Gasteiger partial charge on any atom is 0.244 e. The summed E-state index contributed by atoms with van der Waals surface area (Å²) in [7, 11) is -2.32. The molecule has 21 heavy (non-hydrogen) atoms. The molecule has 3 N–H and O–H groups in total. The highest BCUT2D eigenvalue weighted by atomic mass is 79.9. The van der Waals surface area contributed by atoms with Crippen molar-refractivity contribution >= 4 is 58.9 Å². The van der Waals surface area contributed by atoms with Crippen LogP contribution in [-0.2, 0) is 16.6 Å². The standard InChI is InChI=1S/C12H12Br2N2O3S2/c1-19-10-4-8(14)9(15)5-12(10)21(17,18)16-6-11-7(13)2-3-20-11/h2-5,16H,6,15H2,1H3. The Balaban J connectivity index is 2.31. The fourth-order valence-electron chi connectivity index (χ4n) is 1.61. The van der Waals surface area contributed by atoms with Crippen LogP contribution in [0.4, 0.5) is 5.69 Å². The van der Waals surface area contributed by atoms with E-state index in [0.717, 1.165) is 9.35 Å². The van der Waals surface area contributed by atoms with Gasteiger partial charge in [0.1, 0.15) is 10.6 Å². The summed E-state index contributed by atoms with van der Waals surface area (Å²) in [5, 5.41) is 1.88. The lowest BCUT2D eigenvalue weighted by Crippen LogP contribution is -2.23. The van der Waals surface area contributed by atoms with Gasteiger partial charge in [-0.3, -0.25) is 0 Å². The highest BCUT2D eigenvalue weighted by molar-refractivity contribution is 9.11. The van der Waals surface area contributed by atoms with Gasteiger partial charge in [0.15, 0.2) is 0 Å². The third-order valence-electron chi connectivity index (χ3n) is 2.69. The second-order valence-corrected chi connectivity index (χ2v) is 8.49. The Kier molecular flexibility index (Phi) is 5.31. The number of hydrogen-bond acceptors (Lipinski definition) is 5. The number of methoxy groups -OCH3 is 1. The number of sulfonamides is 1. The first-order chi connectivity index (χ1) is 9.85.